The molecule has 0 aliphatic heterocycles. The molecule has 0 saturated heterocycles. The van der Waals surface area contributed by atoms with Crippen LogP contribution in [0.2, 0.25) is 10.0 Å². The molecule has 0 aromatic heterocycles. The first-order chi connectivity index (χ1) is 13.4. The van der Waals surface area contributed by atoms with Crippen molar-refractivity contribution in [3.63, 3.8) is 0 Å². The molecular formula is C21H23Cl2FN2O2. The lowest BCUT2D eigenvalue weighted by Crippen LogP contribution is -2.49. The molecule has 0 spiro atoms. The number of halogens is 3. The number of likely N-dealkylation sites (N-methyl/N-ethyl adjacent to an activating group) is 1. The fourth-order valence-corrected chi connectivity index (χ4v) is 3.27. The molecule has 28 heavy (non-hydrogen) atoms. The van der Waals surface area contributed by atoms with Gasteiger partial charge in [0.1, 0.15) is 11.9 Å². The Kier molecular flexibility index (Phi) is 8.27. The second-order valence-corrected chi connectivity index (χ2v) is 7.17. The summed E-state index contributed by atoms with van der Waals surface area (Å²) in [6, 6.07) is 10.5. The number of amides is 2. The highest BCUT2D eigenvalue weighted by atomic mass is 35.5. The predicted octanol–water partition coefficient (Wildman–Crippen LogP) is 4.62. The summed E-state index contributed by atoms with van der Waals surface area (Å²) >= 11 is 12.1. The molecule has 0 aliphatic rings. The summed E-state index contributed by atoms with van der Waals surface area (Å²) < 4.78 is 14.0. The summed E-state index contributed by atoms with van der Waals surface area (Å²) in [5, 5.41) is 3.53. The summed E-state index contributed by atoms with van der Waals surface area (Å²) in [4.78, 5) is 27.0. The Balaban J connectivity index is 2.33. The Bertz CT molecular complexity index is 845. The summed E-state index contributed by atoms with van der Waals surface area (Å²) in [6.45, 7) is 4.27. The highest BCUT2D eigenvalue weighted by Gasteiger charge is 2.28. The first-order valence-corrected chi connectivity index (χ1v) is 9.87. The van der Waals surface area contributed by atoms with Crippen LogP contribution in [-0.4, -0.2) is 29.3 Å². The van der Waals surface area contributed by atoms with Crippen molar-refractivity contribution in [2.24, 2.45) is 0 Å². The summed E-state index contributed by atoms with van der Waals surface area (Å²) in [5.74, 6) is -1.03. The van der Waals surface area contributed by atoms with Crippen molar-refractivity contribution in [3.8, 4) is 0 Å². The van der Waals surface area contributed by atoms with Gasteiger partial charge in [-0.3, -0.25) is 9.59 Å². The van der Waals surface area contributed by atoms with E-state index in [1.165, 1.54) is 11.0 Å². The maximum absolute atomic E-state index is 14.0. The zero-order valence-corrected chi connectivity index (χ0v) is 17.4. The van der Waals surface area contributed by atoms with Crippen LogP contribution in [0.3, 0.4) is 0 Å². The molecule has 150 valence electrons. The summed E-state index contributed by atoms with van der Waals surface area (Å²) in [7, 11) is 0. The van der Waals surface area contributed by atoms with E-state index in [2.05, 4.69) is 5.32 Å². The van der Waals surface area contributed by atoms with Crippen LogP contribution in [0.1, 0.15) is 31.4 Å². The summed E-state index contributed by atoms with van der Waals surface area (Å²) in [5.41, 5.74) is 1.02. The SMILES string of the molecule is CCNC(=O)[C@@H](CC)N(Cc1ccc(Cl)c(Cl)c1)C(=O)Cc1ccccc1F. The van der Waals surface area contributed by atoms with E-state index in [1.807, 2.05) is 13.8 Å². The minimum absolute atomic E-state index is 0.135. The molecule has 2 amide bonds. The highest BCUT2D eigenvalue weighted by molar-refractivity contribution is 6.42. The van der Waals surface area contributed by atoms with Crippen LogP contribution >= 0.6 is 23.2 Å². The number of nitrogens with one attached hydrogen (secondary N) is 1. The van der Waals surface area contributed by atoms with Crippen LogP contribution in [0.5, 0.6) is 0 Å². The third-order valence-corrected chi connectivity index (χ3v) is 5.11. The van der Waals surface area contributed by atoms with Crippen molar-refractivity contribution in [2.75, 3.05) is 6.54 Å². The van der Waals surface area contributed by atoms with Gasteiger partial charge in [-0.2, -0.15) is 0 Å². The molecule has 0 aliphatic carbocycles. The number of rotatable bonds is 8. The van der Waals surface area contributed by atoms with Gasteiger partial charge in [0, 0.05) is 13.1 Å². The van der Waals surface area contributed by atoms with Gasteiger partial charge in [-0.25, -0.2) is 4.39 Å². The topological polar surface area (TPSA) is 49.4 Å². The van der Waals surface area contributed by atoms with E-state index >= 15 is 0 Å². The van der Waals surface area contributed by atoms with E-state index in [0.717, 1.165) is 5.56 Å². The van der Waals surface area contributed by atoms with E-state index in [9.17, 15) is 14.0 Å². The van der Waals surface area contributed by atoms with Crippen LogP contribution in [0.4, 0.5) is 4.39 Å². The van der Waals surface area contributed by atoms with Crippen molar-refractivity contribution < 1.29 is 14.0 Å². The molecule has 2 rings (SSSR count). The van der Waals surface area contributed by atoms with Gasteiger partial charge >= 0.3 is 0 Å². The average molecular weight is 425 g/mol. The van der Waals surface area contributed by atoms with Gasteiger partial charge in [0.05, 0.1) is 16.5 Å². The van der Waals surface area contributed by atoms with Crippen molar-refractivity contribution in [1.82, 2.24) is 10.2 Å². The quantitative estimate of drug-likeness (QED) is 0.671. The van der Waals surface area contributed by atoms with E-state index in [0.29, 0.717) is 23.0 Å². The van der Waals surface area contributed by atoms with Crippen molar-refractivity contribution in [1.29, 1.82) is 0 Å². The van der Waals surface area contributed by atoms with Gasteiger partial charge in [0.25, 0.3) is 0 Å². The third-order valence-electron chi connectivity index (χ3n) is 4.37. The minimum atomic E-state index is -0.673. The van der Waals surface area contributed by atoms with Crippen LogP contribution in [0.25, 0.3) is 0 Å². The maximum Gasteiger partial charge on any atom is 0.242 e. The maximum atomic E-state index is 14.0. The molecule has 0 saturated carbocycles. The molecule has 0 bridgehead atoms. The standard InChI is InChI=1S/C21H23Cl2FN2O2/c1-3-19(21(28)25-4-2)26(13-14-9-10-16(22)17(23)11-14)20(27)12-15-7-5-6-8-18(15)24/h5-11,19H,3-4,12-13H2,1-2H3,(H,25,28)/t19-/m1/s1. The molecule has 7 heteroatoms. The lowest BCUT2D eigenvalue weighted by Gasteiger charge is -2.30. The fraction of sp³-hybridized carbons (Fsp3) is 0.333. The van der Waals surface area contributed by atoms with E-state index in [-0.39, 0.29) is 30.3 Å². The lowest BCUT2D eigenvalue weighted by molar-refractivity contribution is -0.140. The number of hydrogen-bond acceptors (Lipinski definition) is 2. The second kappa shape index (κ2) is 10.4. The molecule has 2 aromatic rings. The number of nitrogens with zero attached hydrogens (tertiary/aromatic N) is 1. The summed E-state index contributed by atoms with van der Waals surface area (Å²) in [6.07, 6.45) is 0.292. The molecule has 1 atom stereocenters. The lowest BCUT2D eigenvalue weighted by atomic mass is 10.1. The van der Waals surface area contributed by atoms with Gasteiger partial charge in [-0.05, 0) is 42.7 Å². The molecule has 4 nitrogen and oxygen atoms in total. The second-order valence-electron chi connectivity index (χ2n) is 6.36. The van der Waals surface area contributed by atoms with Crippen LogP contribution in [0, 0.1) is 5.82 Å². The molecule has 0 fully saturated rings. The number of benzene rings is 2. The Labute approximate surface area is 174 Å². The van der Waals surface area contributed by atoms with Gasteiger partial charge in [-0.15, -0.1) is 0 Å². The van der Waals surface area contributed by atoms with Gasteiger partial charge in [0.2, 0.25) is 11.8 Å². The smallest absolute Gasteiger partial charge is 0.242 e. The zero-order chi connectivity index (χ0) is 20.7. The number of hydrogen-bond donors (Lipinski definition) is 1. The average Bonchev–Trinajstić information content (AvgIpc) is 2.66. The van der Waals surface area contributed by atoms with Gasteiger partial charge < -0.3 is 10.2 Å². The van der Waals surface area contributed by atoms with Crippen molar-refractivity contribution in [2.45, 2.75) is 39.3 Å². The molecule has 1 N–H and O–H groups in total. The van der Waals surface area contributed by atoms with Crippen molar-refractivity contribution >= 4 is 35.0 Å². The third kappa shape index (κ3) is 5.69. The zero-order valence-electron chi connectivity index (χ0n) is 15.8. The van der Waals surface area contributed by atoms with E-state index in [4.69, 9.17) is 23.2 Å². The molecule has 0 heterocycles. The van der Waals surface area contributed by atoms with Gasteiger partial charge in [-0.1, -0.05) is 54.4 Å². The van der Waals surface area contributed by atoms with Crippen LogP contribution in [-0.2, 0) is 22.6 Å². The molecule has 0 unspecified atom stereocenters. The predicted molar refractivity (Wildman–Crippen MR) is 110 cm³/mol. The van der Waals surface area contributed by atoms with E-state index < -0.39 is 11.9 Å². The molecule has 0 radical (unpaired) electrons. The minimum Gasteiger partial charge on any atom is -0.355 e. The first-order valence-electron chi connectivity index (χ1n) is 9.11. The van der Waals surface area contributed by atoms with Crippen LogP contribution in [0.15, 0.2) is 42.5 Å². The highest BCUT2D eigenvalue weighted by Crippen LogP contribution is 2.24. The van der Waals surface area contributed by atoms with Crippen molar-refractivity contribution in [3.05, 3.63) is 69.5 Å². The monoisotopic (exact) mass is 424 g/mol. The Morgan fingerprint density at radius 1 is 1.11 bits per heavy atom. The Morgan fingerprint density at radius 2 is 1.82 bits per heavy atom. The first kappa shape index (κ1) is 22.2. The van der Waals surface area contributed by atoms with Gasteiger partial charge in [0.15, 0.2) is 0 Å². The Morgan fingerprint density at radius 3 is 2.43 bits per heavy atom. The Hall–Kier alpha value is -2.11. The molecular weight excluding hydrogens is 402 g/mol. The number of carbonyl (C=O) groups excluding carboxylic acids is 2. The fourth-order valence-electron chi connectivity index (χ4n) is 2.95. The largest absolute Gasteiger partial charge is 0.355 e. The van der Waals surface area contributed by atoms with E-state index in [1.54, 1.807) is 36.4 Å². The molecule has 2 aromatic carbocycles. The number of carbonyl (C=O) groups is 2. The van der Waals surface area contributed by atoms with Crippen LogP contribution < -0.4 is 5.32 Å². The normalized spacial score (nSPS) is 11.8.